The van der Waals surface area contributed by atoms with Gasteiger partial charge in [-0.1, -0.05) is 144 Å². The number of nitrogens with one attached hydrogen (secondary N) is 2. The number of benzene rings is 3. The maximum Gasteiger partial charge on any atom is 0.407 e. The summed E-state index contributed by atoms with van der Waals surface area (Å²) >= 11 is 0. The number of carbonyl (C=O) groups is 4. The van der Waals surface area contributed by atoms with Crippen LogP contribution in [0.15, 0.2) is 97.1 Å². The summed E-state index contributed by atoms with van der Waals surface area (Å²) in [5.41, 5.74) is 5.26. The van der Waals surface area contributed by atoms with E-state index in [1.54, 1.807) is 0 Å². The first-order valence-corrected chi connectivity index (χ1v) is 18.5. The topological polar surface area (TPSA) is 117 Å². The molecule has 0 aliphatic carbocycles. The van der Waals surface area contributed by atoms with E-state index in [4.69, 9.17) is 9.57 Å². The first-order chi connectivity index (χ1) is 25.2. The third-order valence-corrected chi connectivity index (χ3v) is 8.70. The van der Waals surface area contributed by atoms with Gasteiger partial charge in [-0.15, -0.1) is 0 Å². The summed E-state index contributed by atoms with van der Waals surface area (Å²) in [6.45, 7) is 8.92. The Labute approximate surface area is 309 Å². The molecule has 2 N–H and O–H groups in total. The molecular formula is C42H56N4O6. The number of hydrogen-bond donors (Lipinski definition) is 2. The van der Waals surface area contributed by atoms with E-state index in [0.29, 0.717) is 12.8 Å². The molecule has 0 fully saturated rings. The minimum atomic E-state index is -1.07. The third kappa shape index (κ3) is 15.1. The summed E-state index contributed by atoms with van der Waals surface area (Å²) < 4.78 is 5.31. The van der Waals surface area contributed by atoms with Crippen molar-refractivity contribution in [2.45, 2.75) is 91.9 Å². The van der Waals surface area contributed by atoms with E-state index in [1.807, 2.05) is 117 Å². The van der Waals surface area contributed by atoms with Crippen LogP contribution in [0.2, 0.25) is 0 Å². The average Bonchev–Trinajstić information content (AvgIpc) is 3.16. The molecule has 280 valence electrons. The van der Waals surface area contributed by atoms with Gasteiger partial charge in [0.15, 0.2) is 0 Å². The molecule has 52 heavy (non-hydrogen) atoms. The monoisotopic (exact) mass is 712 g/mol. The molecule has 0 unspecified atom stereocenters. The molecule has 0 bridgehead atoms. The summed E-state index contributed by atoms with van der Waals surface area (Å²) in [4.78, 5) is 60.5. The quantitative estimate of drug-likeness (QED) is 0.0858. The standard InChI is InChI=1S/C42H56N4O6/c1-5-34(6-2)30-45(39(47)26-17-29-43-42(50)51-31-36-20-12-8-13-21-36)46(40(48)28-27-33(3)4)38(25-16-24-35-18-10-7-11-19-35)41(49)44-52-32-37-22-14-9-15-23-37/h7-16,18-24,33-34,38H,5-6,17,25-32H2,1-4H3,(H,43,50)(H,44,49)/t38-/m0/s1. The first kappa shape index (κ1) is 41.5. The maximum atomic E-state index is 14.2. The van der Waals surface area contributed by atoms with Crippen LogP contribution in [0.3, 0.4) is 0 Å². The van der Waals surface area contributed by atoms with Gasteiger partial charge in [0.2, 0.25) is 11.8 Å². The predicted octanol–water partition coefficient (Wildman–Crippen LogP) is 7.86. The molecule has 3 aromatic carbocycles. The summed E-state index contributed by atoms with van der Waals surface area (Å²) in [5, 5.41) is 5.57. The number of alkyl carbamates (subject to hydrolysis) is 1. The maximum absolute atomic E-state index is 14.2. The second-order valence-corrected chi connectivity index (χ2v) is 13.2. The zero-order chi connectivity index (χ0) is 37.6. The Hall–Kier alpha value is -4.96. The smallest absolute Gasteiger partial charge is 0.407 e. The van der Waals surface area contributed by atoms with Crippen molar-refractivity contribution in [1.29, 1.82) is 0 Å². The van der Waals surface area contributed by atoms with Crippen molar-refractivity contribution in [3.63, 3.8) is 0 Å². The highest BCUT2D eigenvalue weighted by Crippen LogP contribution is 2.21. The van der Waals surface area contributed by atoms with Gasteiger partial charge in [0.1, 0.15) is 12.6 Å². The lowest BCUT2D eigenvalue weighted by Crippen LogP contribution is -2.60. The fourth-order valence-corrected chi connectivity index (χ4v) is 5.49. The number of hydrazine groups is 1. The van der Waals surface area contributed by atoms with Gasteiger partial charge in [0.25, 0.3) is 5.91 Å². The van der Waals surface area contributed by atoms with E-state index in [2.05, 4.69) is 24.6 Å². The van der Waals surface area contributed by atoms with Crippen molar-refractivity contribution >= 4 is 29.9 Å². The van der Waals surface area contributed by atoms with Crippen LogP contribution in [0.4, 0.5) is 4.79 Å². The molecule has 0 aliphatic rings. The van der Waals surface area contributed by atoms with Gasteiger partial charge in [-0.05, 0) is 47.8 Å². The van der Waals surface area contributed by atoms with Gasteiger partial charge in [0.05, 0.1) is 6.61 Å². The number of amides is 4. The molecule has 4 amide bonds. The lowest BCUT2D eigenvalue weighted by atomic mass is 10.0. The van der Waals surface area contributed by atoms with Crippen molar-refractivity contribution in [2.75, 3.05) is 13.1 Å². The highest BCUT2D eigenvalue weighted by Gasteiger charge is 2.37. The van der Waals surface area contributed by atoms with Crippen molar-refractivity contribution in [1.82, 2.24) is 20.8 Å². The van der Waals surface area contributed by atoms with E-state index < -0.39 is 18.0 Å². The summed E-state index contributed by atoms with van der Waals surface area (Å²) in [5.74, 6) is -0.822. The van der Waals surface area contributed by atoms with Crippen LogP contribution in [0.1, 0.15) is 89.3 Å². The number of nitrogens with zero attached hydrogens (tertiary/aromatic N) is 2. The van der Waals surface area contributed by atoms with Gasteiger partial charge in [-0.25, -0.2) is 15.3 Å². The molecule has 0 spiro atoms. The fraction of sp³-hybridized carbons (Fsp3) is 0.429. The van der Waals surface area contributed by atoms with Gasteiger partial charge >= 0.3 is 6.09 Å². The Balaban J connectivity index is 1.85. The van der Waals surface area contributed by atoms with Gasteiger partial charge in [-0.2, -0.15) is 0 Å². The Kier molecular flexibility index (Phi) is 18.7. The lowest BCUT2D eigenvalue weighted by Gasteiger charge is -2.41. The highest BCUT2D eigenvalue weighted by atomic mass is 16.7. The summed E-state index contributed by atoms with van der Waals surface area (Å²) in [6, 6.07) is 27.4. The molecule has 0 heterocycles. The van der Waals surface area contributed by atoms with Gasteiger partial charge < -0.3 is 10.1 Å². The number of rotatable bonds is 21. The minimum absolute atomic E-state index is 0.0474. The van der Waals surface area contributed by atoms with Crippen LogP contribution in [0, 0.1) is 11.8 Å². The molecule has 0 aromatic heterocycles. The highest BCUT2D eigenvalue weighted by molar-refractivity contribution is 5.89. The average molecular weight is 713 g/mol. The van der Waals surface area contributed by atoms with E-state index in [9.17, 15) is 19.2 Å². The molecule has 3 rings (SSSR count). The fourth-order valence-electron chi connectivity index (χ4n) is 5.49. The van der Waals surface area contributed by atoms with Crippen LogP contribution in [0.5, 0.6) is 0 Å². The van der Waals surface area contributed by atoms with Crippen LogP contribution in [-0.4, -0.2) is 53.0 Å². The largest absolute Gasteiger partial charge is 0.445 e. The third-order valence-electron chi connectivity index (χ3n) is 8.70. The molecule has 10 nitrogen and oxygen atoms in total. The SMILES string of the molecule is CCC(CC)CN(C(=O)CCCNC(=O)OCc1ccccc1)N(C(=O)CCC(C)C)[C@@H](CC=Cc1ccccc1)C(=O)NOCc1ccccc1. The molecule has 0 aliphatic heterocycles. The van der Waals surface area contributed by atoms with Gasteiger partial charge in [0, 0.05) is 25.9 Å². The number of ether oxygens (including phenoxy) is 1. The van der Waals surface area contributed by atoms with Crippen molar-refractivity contribution in [3.8, 4) is 0 Å². The number of hydrogen-bond acceptors (Lipinski definition) is 6. The van der Waals surface area contributed by atoms with Crippen LogP contribution < -0.4 is 10.8 Å². The Morgan fingerprint density at radius 1 is 0.769 bits per heavy atom. The molecule has 10 heteroatoms. The van der Waals surface area contributed by atoms with Crippen molar-refractivity contribution in [2.24, 2.45) is 11.8 Å². The Morgan fingerprint density at radius 2 is 1.37 bits per heavy atom. The van der Waals surface area contributed by atoms with E-state index in [1.165, 1.54) is 10.0 Å². The molecule has 0 radical (unpaired) electrons. The first-order valence-electron chi connectivity index (χ1n) is 18.5. The minimum Gasteiger partial charge on any atom is -0.445 e. The Morgan fingerprint density at radius 3 is 1.96 bits per heavy atom. The zero-order valence-electron chi connectivity index (χ0n) is 31.2. The molecule has 1 atom stereocenters. The summed E-state index contributed by atoms with van der Waals surface area (Å²) in [6.07, 6.45) is 6.01. The van der Waals surface area contributed by atoms with E-state index in [-0.39, 0.29) is 69.2 Å². The molecular weight excluding hydrogens is 656 g/mol. The second kappa shape index (κ2) is 23.5. The predicted molar refractivity (Wildman–Crippen MR) is 204 cm³/mol. The molecule has 3 aromatic rings. The van der Waals surface area contributed by atoms with E-state index >= 15 is 0 Å². The Bertz CT molecular complexity index is 1510. The summed E-state index contributed by atoms with van der Waals surface area (Å²) in [7, 11) is 0. The molecule has 0 saturated carbocycles. The lowest BCUT2D eigenvalue weighted by molar-refractivity contribution is -0.176. The van der Waals surface area contributed by atoms with Crippen LogP contribution in [0.25, 0.3) is 6.08 Å². The second-order valence-electron chi connectivity index (χ2n) is 13.2. The normalized spacial score (nSPS) is 11.7. The zero-order valence-corrected chi connectivity index (χ0v) is 31.2. The number of hydroxylamine groups is 1. The van der Waals surface area contributed by atoms with Crippen molar-refractivity contribution in [3.05, 3.63) is 114 Å². The van der Waals surface area contributed by atoms with Crippen LogP contribution >= 0.6 is 0 Å². The van der Waals surface area contributed by atoms with Gasteiger partial charge in [-0.3, -0.25) is 24.2 Å². The van der Waals surface area contributed by atoms with Crippen molar-refractivity contribution < 1.29 is 28.8 Å². The van der Waals surface area contributed by atoms with Crippen LogP contribution in [-0.2, 0) is 37.2 Å². The molecule has 0 saturated heterocycles. The van der Waals surface area contributed by atoms with E-state index in [0.717, 1.165) is 29.5 Å². The number of carbonyl (C=O) groups excluding carboxylic acids is 4.